The van der Waals surface area contributed by atoms with E-state index in [0.29, 0.717) is 0 Å². The first-order valence-corrected chi connectivity index (χ1v) is 10.5. The smallest absolute Gasteiger partial charge is 0.170 e. The lowest BCUT2D eigenvalue weighted by molar-refractivity contribution is 0.311. The molecule has 0 unspecified atom stereocenters. The van der Waals surface area contributed by atoms with Gasteiger partial charge in [0.15, 0.2) is 16.6 Å². The van der Waals surface area contributed by atoms with Crippen LogP contribution < -0.4 is 5.90 Å². The lowest BCUT2D eigenvalue weighted by Crippen LogP contribution is -2.39. The maximum absolute atomic E-state index is 6.50. The van der Waals surface area contributed by atoms with Crippen LogP contribution in [0.3, 0.4) is 0 Å². The standard InChI is InChI=1S/C6H18OSi2.H3NO/c1-8(2,3)7-9(4,5)6;1-2/h1-6H3;2H,1H2. The van der Waals surface area contributed by atoms with E-state index in [2.05, 4.69) is 45.2 Å². The van der Waals surface area contributed by atoms with Crippen LogP contribution in [0.25, 0.3) is 0 Å². The second-order valence-corrected chi connectivity index (χ2v) is 13.6. The SMILES string of the molecule is C[Si](C)(C)O[Si](C)(C)C.NO. The minimum atomic E-state index is -1.23. The lowest BCUT2D eigenvalue weighted by Gasteiger charge is -2.27. The molecule has 0 aliphatic rings. The van der Waals surface area contributed by atoms with E-state index in [0.717, 1.165) is 0 Å². The number of hydrogen-bond donors (Lipinski definition) is 2. The molecule has 3 N–H and O–H groups in total. The molecule has 0 aromatic rings. The highest BCUT2D eigenvalue weighted by molar-refractivity contribution is 6.83. The Morgan fingerprint density at radius 2 is 1.00 bits per heavy atom. The maximum atomic E-state index is 6.50. The van der Waals surface area contributed by atoms with Gasteiger partial charge in [0.25, 0.3) is 0 Å². The normalized spacial score (nSPS) is 12.0. The molecule has 0 saturated carbocycles. The molecule has 0 amide bonds. The molecule has 0 atom stereocenters. The van der Waals surface area contributed by atoms with Crippen molar-refractivity contribution in [1.82, 2.24) is 0 Å². The van der Waals surface area contributed by atoms with Crippen LogP contribution in [0.1, 0.15) is 0 Å². The fourth-order valence-corrected chi connectivity index (χ4v) is 8.27. The average Bonchev–Trinajstić information content (AvgIpc) is 1.60. The Balaban J connectivity index is 0. The van der Waals surface area contributed by atoms with E-state index >= 15 is 0 Å². The van der Waals surface area contributed by atoms with Gasteiger partial charge in [-0.25, -0.2) is 5.90 Å². The fraction of sp³-hybridized carbons (Fsp3) is 1.00. The predicted octanol–water partition coefficient (Wildman–Crippen LogP) is 2.01. The van der Waals surface area contributed by atoms with Crippen molar-refractivity contribution < 1.29 is 9.32 Å². The molecule has 0 saturated heterocycles. The van der Waals surface area contributed by atoms with Crippen LogP contribution in [0.15, 0.2) is 0 Å². The van der Waals surface area contributed by atoms with Gasteiger partial charge in [-0.2, -0.15) is 0 Å². The molecule has 5 heteroatoms. The van der Waals surface area contributed by atoms with Crippen molar-refractivity contribution in [2.45, 2.75) is 39.3 Å². The summed E-state index contributed by atoms with van der Waals surface area (Å²) in [5, 5.41) is 6.50. The van der Waals surface area contributed by atoms with Crippen molar-refractivity contribution in [3.8, 4) is 0 Å². The van der Waals surface area contributed by atoms with Crippen LogP contribution in [0.5, 0.6) is 0 Å². The van der Waals surface area contributed by atoms with E-state index in [4.69, 9.17) is 9.32 Å². The van der Waals surface area contributed by atoms with Crippen molar-refractivity contribution in [3.63, 3.8) is 0 Å². The zero-order valence-corrected chi connectivity index (χ0v) is 10.4. The van der Waals surface area contributed by atoms with Gasteiger partial charge in [-0.1, -0.05) is 0 Å². The van der Waals surface area contributed by atoms with E-state index in [9.17, 15) is 0 Å². The minimum absolute atomic E-state index is 1.23. The summed E-state index contributed by atoms with van der Waals surface area (Å²) in [5.74, 6) is 3.50. The van der Waals surface area contributed by atoms with Crippen LogP contribution in [0, 0.1) is 0 Å². The summed E-state index contributed by atoms with van der Waals surface area (Å²) in [7, 11) is -2.46. The summed E-state index contributed by atoms with van der Waals surface area (Å²) < 4.78 is 5.90. The molecule has 0 spiro atoms. The lowest BCUT2D eigenvalue weighted by atomic mass is 11.8. The Hall–Kier alpha value is 0.314. The van der Waals surface area contributed by atoms with Crippen LogP contribution in [0.2, 0.25) is 39.3 Å². The summed E-state index contributed by atoms with van der Waals surface area (Å²) in [6, 6.07) is 0. The molecule has 70 valence electrons. The zero-order valence-electron chi connectivity index (χ0n) is 8.43. The molecule has 3 nitrogen and oxygen atoms in total. The van der Waals surface area contributed by atoms with Crippen molar-refractivity contribution in [2.24, 2.45) is 5.90 Å². The largest absolute Gasteiger partial charge is 0.456 e. The quantitative estimate of drug-likeness (QED) is 0.523. The van der Waals surface area contributed by atoms with E-state index in [1.54, 1.807) is 0 Å². The van der Waals surface area contributed by atoms with Gasteiger partial charge < -0.3 is 9.32 Å². The van der Waals surface area contributed by atoms with Gasteiger partial charge in [-0.15, -0.1) is 0 Å². The highest BCUT2D eigenvalue weighted by Gasteiger charge is 2.24. The van der Waals surface area contributed by atoms with Crippen LogP contribution in [0.4, 0.5) is 0 Å². The highest BCUT2D eigenvalue weighted by atomic mass is 28.4. The first-order chi connectivity index (χ1) is 4.71. The van der Waals surface area contributed by atoms with Gasteiger partial charge in [-0.05, 0) is 39.3 Å². The summed E-state index contributed by atoms with van der Waals surface area (Å²) in [6.07, 6.45) is 0. The minimum Gasteiger partial charge on any atom is -0.456 e. The Morgan fingerprint density at radius 1 is 0.818 bits per heavy atom. The van der Waals surface area contributed by atoms with Crippen LogP contribution in [-0.4, -0.2) is 21.8 Å². The Morgan fingerprint density at radius 3 is 1.00 bits per heavy atom. The van der Waals surface area contributed by atoms with Crippen molar-refractivity contribution in [1.29, 1.82) is 0 Å². The second kappa shape index (κ2) is 5.05. The summed E-state index contributed by atoms with van der Waals surface area (Å²) in [5.41, 5.74) is 0. The summed E-state index contributed by atoms with van der Waals surface area (Å²) >= 11 is 0. The van der Waals surface area contributed by atoms with Crippen LogP contribution in [-0.2, 0) is 4.12 Å². The second-order valence-electron chi connectivity index (χ2n) is 4.33. The molecule has 0 rings (SSSR count). The van der Waals surface area contributed by atoms with Gasteiger partial charge in [0, 0.05) is 0 Å². The molecular formula is C6H21NO2Si2. The molecule has 0 heterocycles. The number of hydrogen-bond acceptors (Lipinski definition) is 3. The fourth-order valence-electron chi connectivity index (χ4n) is 0.919. The molecule has 0 aromatic carbocycles. The molecule has 0 radical (unpaired) electrons. The molecule has 0 fully saturated rings. The molecular weight excluding hydrogens is 174 g/mol. The van der Waals surface area contributed by atoms with E-state index in [1.807, 2.05) is 0 Å². The molecule has 0 aliphatic carbocycles. The number of nitrogens with two attached hydrogens (primary N) is 1. The average molecular weight is 195 g/mol. The van der Waals surface area contributed by atoms with Crippen molar-refractivity contribution in [2.75, 3.05) is 0 Å². The zero-order chi connectivity index (χ0) is 9.71. The van der Waals surface area contributed by atoms with Crippen LogP contribution >= 0.6 is 0 Å². The summed E-state index contributed by atoms with van der Waals surface area (Å²) in [4.78, 5) is 0. The van der Waals surface area contributed by atoms with Gasteiger partial charge in [0.05, 0.1) is 0 Å². The van der Waals surface area contributed by atoms with E-state index in [-0.39, 0.29) is 0 Å². The topological polar surface area (TPSA) is 55.5 Å². The van der Waals surface area contributed by atoms with E-state index < -0.39 is 16.6 Å². The van der Waals surface area contributed by atoms with Gasteiger partial charge >= 0.3 is 0 Å². The molecule has 0 bridgehead atoms. The Labute approximate surface area is 71.8 Å². The Kier molecular flexibility index (Phi) is 6.37. The third-order valence-electron chi connectivity index (χ3n) is 0.612. The molecule has 11 heavy (non-hydrogen) atoms. The van der Waals surface area contributed by atoms with Gasteiger partial charge in [-0.3, -0.25) is 0 Å². The highest BCUT2D eigenvalue weighted by Crippen LogP contribution is 2.12. The summed E-state index contributed by atoms with van der Waals surface area (Å²) in [6.45, 7) is 13.4. The van der Waals surface area contributed by atoms with E-state index in [1.165, 1.54) is 0 Å². The third-order valence-corrected chi connectivity index (χ3v) is 5.51. The first-order valence-electron chi connectivity index (χ1n) is 3.67. The number of rotatable bonds is 2. The first kappa shape index (κ1) is 13.9. The van der Waals surface area contributed by atoms with Crippen molar-refractivity contribution in [3.05, 3.63) is 0 Å². The Bertz CT molecular complexity index is 83.7. The van der Waals surface area contributed by atoms with Crippen molar-refractivity contribution >= 4 is 16.6 Å². The monoisotopic (exact) mass is 195 g/mol. The van der Waals surface area contributed by atoms with Gasteiger partial charge in [0.2, 0.25) is 0 Å². The van der Waals surface area contributed by atoms with Gasteiger partial charge in [0.1, 0.15) is 0 Å². The third kappa shape index (κ3) is 17.9. The predicted molar refractivity (Wildman–Crippen MR) is 53.8 cm³/mol. The molecule has 0 aliphatic heterocycles. The molecule has 0 aromatic heterocycles. The maximum Gasteiger partial charge on any atom is 0.170 e.